The molecule has 1 atom stereocenters. The molecule has 0 aromatic heterocycles. The number of rotatable bonds is 20. The van der Waals surface area contributed by atoms with Gasteiger partial charge in [-0.05, 0) is 51.6 Å². The molecule has 0 radical (unpaired) electrons. The van der Waals surface area contributed by atoms with Gasteiger partial charge in [0.05, 0.1) is 0 Å². The molecule has 0 aromatic rings. The van der Waals surface area contributed by atoms with Gasteiger partial charge in [0, 0.05) is 12.0 Å². The van der Waals surface area contributed by atoms with Gasteiger partial charge >= 0.3 is 51.4 Å². The van der Waals surface area contributed by atoms with Crippen LogP contribution in [-0.2, 0) is 4.79 Å². The average molecular weight is 408 g/mol. The molecular weight excluding hydrogens is 361 g/mol. The Morgan fingerprint density at radius 2 is 1.19 bits per heavy atom. The van der Waals surface area contributed by atoms with Crippen LogP contribution in [0.3, 0.4) is 0 Å². The number of hydrogen-bond acceptors (Lipinski definition) is 3. The Morgan fingerprint density at radius 3 is 1.59 bits per heavy atom. The van der Waals surface area contributed by atoms with E-state index >= 15 is 0 Å². The monoisotopic (exact) mass is 407 g/mol. The van der Waals surface area contributed by atoms with Gasteiger partial charge in [-0.2, -0.15) is 0 Å². The Labute approximate surface area is 212 Å². The first-order chi connectivity index (χ1) is 12.7. The second kappa shape index (κ2) is 23.3. The van der Waals surface area contributed by atoms with Crippen molar-refractivity contribution in [2.45, 2.75) is 130 Å². The fourth-order valence-electron chi connectivity index (χ4n) is 3.79. The molecule has 0 aliphatic heterocycles. The van der Waals surface area contributed by atoms with Crippen molar-refractivity contribution >= 4 is 5.97 Å². The molecule has 0 saturated carbocycles. The maximum absolute atomic E-state index is 10.7. The largest absolute Gasteiger partial charge is 1.00 e. The Morgan fingerprint density at radius 1 is 0.741 bits per heavy atom. The Hall–Kier alpha value is 1.07. The van der Waals surface area contributed by atoms with Gasteiger partial charge in [0.1, 0.15) is 0 Å². The molecule has 0 aliphatic rings. The van der Waals surface area contributed by atoms with Crippen molar-refractivity contribution in [1.29, 1.82) is 0 Å². The van der Waals surface area contributed by atoms with E-state index < -0.39 is 5.97 Å². The summed E-state index contributed by atoms with van der Waals surface area (Å²) in [4.78, 5) is 13.4. The molecule has 0 N–H and O–H groups in total. The van der Waals surface area contributed by atoms with Crippen LogP contribution in [0.1, 0.15) is 124 Å². The number of aliphatic carboxylic acids is 1. The zero-order chi connectivity index (χ0) is 19.5. The minimum Gasteiger partial charge on any atom is -0.550 e. The third kappa shape index (κ3) is 20.1. The van der Waals surface area contributed by atoms with Crippen molar-refractivity contribution in [3.05, 3.63) is 0 Å². The molecule has 0 aromatic carbocycles. The van der Waals surface area contributed by atoms with Gasteiger partial charge in [-0.25, -0.2) is 0 Å². The third-order valence-electron chi connectivity index (χ3n) is 5.50. The van der Waals surface area contributed by atoms with Crippen LogP contribution in [0.2, 0.25) is 0 Å². The summed E-state index contributed by atoms with van der Waals surface area (Å²) in [6.45, 7) is 9.15. The van der Waals surface area contributed by atoms with E-state index in [0.29, 0.717) is 6.04 Å². The molecule has 156 valence electrons. The summed E-state index contributed by atoms with van der Waals surface area (Å²) in [6.07, 6.45) is 19.1. The number of nitrogens with zero attached hydrogens (tertiary/aromatic N) is 1. The second-order valence-electron chi connectivity index (χ2n) is 7.90. The van der Waals surface area contributed by atoms with Crippen LogP contribution in [0.25, 0.3) is 0 Å². The van der Waals surface area contributed by atoms with Gasteiger partial charge in [0.25, 0.3) is 0 Å². The summed E-state index contributed by atoms with van der Waals surface area (Å²) < 4.78 is 0. The van der Waals surface area contributed by atoms with Gasteiger partial charge in [-0.3, -0.25) is 0 Å². The van der Waals surface area contributed by atoms with Crippen LogP contribution in [-0.4, -0.2) is 30.0 Å². The van der Waals surface area contributed by atoms with Crippen molar-refractivity contribution in [2.75, 3.05) is 13.1 Å². The number of carboxylic acids is 1. The number of unbranched alkanes of at least 4 members (excludes halogenated alkanes) is 10. The van der Waals surface area contributed by atoms with Gasteiger partial charge in [0.2, 0.25) is 0 Å². The van der Waals surface area contributed by atoms with Gasteiger partial charge in [0.15, 0.2) is 0 Å². The summed E-state index contributed by atoms with van der Waals surface area (Å²) in [7, 11) is 0. The van der Waals surface area contributed by atoms with E-state index in [0.717, 1.165) is 19.3 Å². The topological polar surface area (TPSA) is 43.4 Å². The molecule has 3 nitrogen and oxygen atoms in total. The zero-order valence-electron chi connectivity index (χ0n) is 19.1. The van der Waals surface area contributed by atoms with E-state index in [1.165, 1.54) is 90.1 Å². The fourth-order valence-corrected chi connectivity index (χ4v) is 3.79. The van der Waals surface area contributed by atoms with E-state index in [9.17, 15) is 9.90 Å². The van der Waals surface area contributed by atoms with Crippen molar-refractivity contribution in [3.8, 4) is 0 Å². The molecule has 0 heterocycles. The maximum atomic E-state index is 10.7. The molecule has 0 fully saturated rings. The number of carboxylic acid groups (broad SMARTS) is 1. The Bertz CT molecular complexity index is 297. The van der Waals surface area contributed by atoms with Gasteiger partial charge in [-0.15, -0.1) is 0 Å². The second-order valence-corrected chi connectivity index (χ2v) is 7.90. The van der Waals surface area contributed by atoms with Gasteiger partial charge < -0.3 is 14.8 Å². The first-order valence-corrected chi connectivity index (χ1v) is 11.6. The Kier molecular flexibility index (Phi) is 26.2. The minimum atomic E-state index is -0.904. The fraction of sp³-hybridized carbons (Fsp3) is 0.957. The standard InChI is InChI=1S/C23H47NO2.K/c1-4-7-9-11-13-15-20-24(21-16-14-12-10-8-5-2)22(6-3)18-17-19-23(25)26;/h22H,4-21H2,1-3H3,(H,25,26);/q;+1/p-1. The zero-order valence-corrected chi connectivity index (χ0v) is 22.2. The van der Waals surface area contributed by atoms with Crippen molar-refractivity contribution in [3.63, 3.8) is 0 Å². The molecule has 4 heteroatoms. The first-order valence-electron chi connectivity index (χ1n) is 11.6. The summed E-state index contributed by atoms with van der Waals surface area (Å²) in [5.74, 6) is -0.904. The first kappa shape index (κ1) is 30.3. The van der Waals surface area contributed by atoms with Crippen LogP contribution in [0, 0.1) is 0 Å². The van der Waals surface area contributed by atoms with E-state index in [1.807, 2.05) is 0 Å². The third-order valence-corrected chi connectivity index (χ3v) is 5.50. The van der Waals surface area contributed by atoms with Crippen LogP contribution >= 0.6 is 0 Å². The van der Waals surface area contributed by atoms with Crippen molar-refractivity contribution < 1.29 is 61.3 Å². The van der Waals surface area contributed by atoms with Crippen LogP contribution in [0.15, 0.2) is 0 Å². The molecule has 0 rings (SSSR count). The molecule has 0 amide bonds. The van der Waals surface area contributed by atoms with Crippen LogP contribution in [0.4, 0.5) is 0 Å². The normalized spacial score (nSPS) is 12.1. The van der Waals surface area contributed by atoms with Crippen LogP contribution in [0.5, 0.6) is 0 Å². The SMILES string of the molecule is CCCCCCCCN(CCCCCCCC)C(CC)CCCC(=O)[O-].[K+]. The predicted octanol–water partition coefficient (Wildman–Crippen LogP) is 2.71. The molecule has 27 heavy (non-hydrogen) atoms. The Balaban J connectivity index is 0. The van der Waals surface area contributed by atoms with E-state index in [4.69, 9.17) is 0 Å². The number of carbonyl (C=O) groups excluding carboxylic acids is 1. The van der Waals surface area contributed by atoms with E-state index in [1.54, 1.807) is 0 Å². The molecule has 0 saturated heterocycles. The number of carbonyl (C=O) groups is 1. The van der Waals surface area contributed by atoms with Gasteiger partial charge in [-0.1, -0.05) is 85.0 Å². The summed E-state index contributed by atoms with van der Waals surface area (Å²) in [6, 6.07) is 0.542. The van der Waals surface area contributed by atoms with Crippen molar-refractivity contribution in [1.82, 2.24) is 4.90 Å². The predicted molar refractivity (Wildman–Crippen MR) is 111 cm³/mol. The minimum absolute atomic E-state index is 0. The van der Waals surface area contributed by atoms with Crippen LogP contribution < -0.4 is 56.5 Å². The maximum Gasteiger partial charge on any atom is 1.00 e. The quantitative estimate of drug-likeness (QED) is 0.230. The van der Waals surface area contributed by atoms with Crippen molar-refractivity contribution in [2.24, 2.45) is 0 Å². The van der Waals surface area contributed by atoms with E-state index in [2.05, 4.69) is 25.7 Å². The molecule has 0 bridgehead atoms. The molecule has 0 aliphatic carbocycles. The smallest absolute Gasteiger partial charge is 0.550 e. The van der Waals surface area contributed by atoms with E-state index in [-0.39, 0.29) is 57.8 Å². The molecular formula is C23H46KNO2. The summed E-state index contributed by atoms with van der Waals surface area (Å²) in [5, 5.41) is 10.7. The molecule has 1 unspecified atom stereocenters. The number of hydrogen-bond donors (Lipinski definition) is 0. The average Bonchev–Trinajstić information content (AvgIpc) is 2.63. The summed E-state index contributed by atoms with van der Waals surface area (Å²) in [5.41, 5.74) is 0. The summed E-state index contributed by atoms with van der Waals surface area (Å²) >= 11 is 0. The molecule has 0 spiro atoms.